The van der Waals surface area contributed by atoms with E-state index >= 15 is 0 Å². The predicted molar refractivity (Wildman–Crippen MR) is 124 cm³/mol. The maximum absolute atomic E-state index is 13.1. The summed E-state index contributed by atoms with van der Waals surface area (Å²) in [5.41, 5.74) is 2.13. The van der Waals surface area contributed by atoms with E-state index in [-0.39, 0.29) is 29.9 Å². The van der Waals surface area contributed by atoms with Crippen molar-refractivity contribution in [2.75, 3.05) is 0 Å². The summed E-state index contributed by atoms with van der Waals surface area (Å²) in [7, 11) is -1.70. The van der Waals surface area contributed by atoms with E-state index in [0.29, 0.717) is 6.42 Å². The third kappa shape index (κ3) is 3.74. The average Bonchev–Trinajstić information content (AvgIpc) is 3.12. The first kappa shape index (κ1) is 20.8. The van der Waals surface area contributed by atoms with Gasteiger partial charge in [-0.2, -0.15) is 0 Å². The Morgan fingerprint density at radius 2 is 2.10 bits per heavy atom. The number of benzene rings is 1. The van der Waals surface area contributed by atoms with Crippen molar-refractivity contribution in [2.24, 2.45) is 11.8 Å². The molecule has 4 rings (SSSR count). The predicted octanol–water partition coefficient (Wildman–Crippen LogP) is 5.89. The standard InChI is InChI=1S/C22H28N2O2S2Si/c1-7-10-16-20(28-22-23-15-11-8-9-12-17(15)27-22)13(2)19-18(21(25)24(16)19)14(3)26-29(4,5)6/h7-9,11-14,18-19H,1,10H2,2-6H3/t13-,14-,18-,19-/m1/s1. The Kier molecular flexibility index (Phi) is 5.52. The van der Waals surface area contributed by atoms with Crippen LogP contribution in [-0.2, 0) is 9.22 Å². The van der Waals surface area contributed by atoms with E-state index in [1.165, 1.54) is 9.61 Å². The molecular weight excluding hydrogens is 416 g/mol. The maximum Gasteiger partial charge on any atom is 0.234 e. The number of hydrogen-bond donors (Lipinski definition) is 0. The van der Waals surface area contributed by atoms with Gasteiger partial charge in [-0.1, -0.05) is 36.9 Å². The lowest BCUT2D eigenvalue weighted by Gasteiger charge is -2.49. The van der Waals surface area contributed by atoms with Crippen LogP contribution in [0.5, 0.6) is 0 Å². The van der Waals surface area contributed by atoms with Gasteiger partial charge in [0.25, 0.3) is 0 Å². The summed E-state index contributed by atoms with van der Waals surface area (Å²) in [6.45, 7) is 14.8. The van der Waals surface area contributed by atoms with Crippen LogP contribution in [0, 0.1) is 11.8 Å². The van der Waals surface area contributed by atoms with Gasteiger partial charge in [-0.15, -0.1) is 17.9 Å². The van der Waals surface area contributed by atoms with Gasteiger partial charge >= 0.3 is 0 Å². The van der Waals surface area contributed by atoms with Crippen molar-refractivity contribution < 1.29 is 9.22 Å². The van der Waals surface area contributed by atoms with Gasteiger partial charge in [0.1, 0.15) is 0 Å². The van der Waals surface area contributed by atoms with Crippen LogP contribution < -0.4 is 0 Å². The highest BCUT2D eigenvalue weighted by molar-refractivity contribution is 8.04. The zero-order valence-electron chi connectivity index (χ0n) is 17.6. The number of thioether (sulfide) groups is 1. The number of aromatic nitrogens is 1. The molecule has 3 heterocycles. The van der Waals surface area contributed by atoms with Crippen molar-refractivity contribution in [3.05, 3.63) is 47.5 Å². The summed E-state index contributed by atoms with van der Waals surface area (Å²) in [5.74, 6) is 0.409. The molecule has 2 aromatic rings. The van der Waals surface area contributed by atoms with Crippen LogP contribution >= 0.6 is 23.1 Å². The Hall–Kier alpha value is -1.41. The number of β-lactam (4-membered cyclic amide) rings is 1. The van der Waals surface area contributed by atoms with Gasteiger partial charge in [-0.3, -0.25) is 4.79 Å². The second kappa shape index (κ2) is 7.69. The van der Waals surface area contributed by atoms with Gasteiger partial charge in [0.15, 0.2) is 12.7 Å². The Bertz CT molecular complexity index is 961. The molecule has 0 aliphatic carbocycles. The summed E-state index contributed by atoms with van der Waals surface area (Å²) in [5, 5.41) is 0. The number of carbonyl (C=O) groups excluding carboxylic acids is 1. The van der Waals surface area contributed by atoms with E-state index in [0.717, 1.165) is 15.6 Å². The highest BCUT2D eigenvalue weighted by atomic mass is 32.2. The number of fused-ring (bicyclic) bond motifs is 2. The summed E-state index contributed by atoms with van der Waals surface area (Å²) in [6, 6.07) is 8.41. The highest BCUT2D eigenvalue weighted by Gasteiger charge is 2.58. The Balaban J connectivity index is 1.62. The minimum absolute atomic E-state index is 0.0466. The number of hydrogen-bond acceptors (Lipinski definition) is 5. The van der Waals surface area contributed by atoms with E-state index in [1.54, 1.807) is 23.1 Å². The summed E-state index contributed by atoms with van der Waals surface area (Å²) < 4.78 is 8.52. The lowest BCUT2D eigenvalue weighted by atomic mass is 9.79. The minimum Gasteiger partial charge on any atom is -0.414 e. The fourth-order valence-corrected chi connectivity index (χ4v) is 8.12. The highest BCUT2D eigenvalue weighted by Crippen LogP contribution is 2.53. The van der Waals surface area contributed by atoms with Crippen molar-refractivity contribution in [3.8, 4) is 0 Å². The van der Waals surface area contributed by atoms with Crippen molar-refractivity contribution in [3.63, 3.8) is 0 Å². The largest absolute Gasteiger partial charge is 0.414 e. The molecule has 7 heteroatoms. The van der Waals surface area contributed by atoms with Gasteiger partial charge in [0, 0.05) is 22.9 Å². The maximum atomic E-state index is 13.1. The van der Waals surface area contributed by atoms with Crippen LogP contribution in [0.2, 0.25) is 19.6 Å². The van der Waals surface area contributed by atoms with E-state index in [2.05, 4.69) is 52.2 Å². The summed E-state index contributed by atoms with van der Waals surface area (Å²) in [4.78, 5) is 21.2. The van der Waals surface area contributed by atoms with Crippen molar-refractivity contribution in [2.45, 2.75) is 56.4 Å². The summed E-state index contributed by atoms with van der Waals surface area (Å²) >= 11 is 3.44. The van der Waals surface area contributed by atoms with E-state index in [1.807, 2.05) is 23.1 Å². The van der Waals surface area contributed by atoms with Crippen LogP contribution in [0.1, 0.15) is 20.3 Å². The van der Waals surface area contributed by atoms with Crippen LogP contribution in [0.25, 0.3) is 10.2 Å². The molecule has 0 bridgehead atoms. The molecule has 4 nitrogen and oxygen atoms in total. The zero-order valence-corrected chi connectivity index (χ0v) is 20.3. The fraction of sp³-hybridized carbons (Fsp3) is 0.455. The minimum atomic E-state index is -1.70. The number of thiazole rings is 1. The third-order valence-corrected chi connectivity index (χ3v) is 9.05. The van der Waals surface area contributed by atoms with Crippen LogP contribution in [-0.4, -0.2) is 36.3 Å². The zero-order chi connectivity index (χ0) is 20.9. The van der Waals surface area contributed by atoms with Gasteiger partial charge < -0.3 is 9.33 Å². The summed E-state index contributed by atoms with van der Waals surface area (Å²) in [6.07, 6.45) is 2.55. The SMILES string of the molecule is C=CCC1=C(Sc2nc3ccccc3s2)[C@H](C)[C@@H]2[C@@H]([C@@H](C)O[Si](C)(C)C)C(=O)N12. The first-order valence-corrected chi connectivity index (χ1v) is 15.1. The molecule has 0 spiro atoms. The molecule has 1 saturated heterocycles. The topological polar surface area (TPSA) is 42.4 Å². The molecule has 154 valence electrons. The van der Waals surface area contributed by atoms with Crippen LogP contribution in [0.15, 0.2) is 51.9 Å². The fourth-order valence-electron chi connectivity index (χ4n) is 4.50. The van der Waals surface area contributed by atoms with Crippen molar-refractivity contribution in [1.29, 1.82) is 0 Å². The molecule has 1 amide bonds. The molecule has 0 radical (unpaired) electrons. The average molecular weight is 445 g/mol. The number of carbonyl (C=O) groups is 1. The molecule has 1 aromatic carbocycles. The Morgan fingerprint density at radius 1 is 1.38 bits per heavy atom. The molecule has 0 N–H and O–H groups in total. The number of para-hydroxylation sites is 1. The van der Waals surface area contributed by atoms with Crippen molar-refractivity contribution >= 4 is 47.5 Å². The molecule has 0 saturated carbocycles. The van der Waals surface area contributed by atoms with Gasteiger partial charge in [0.05, 0.1) is 28.3 Å². The normalized spacial score (nSPS) is 25.3. The number of allylic oxidation sites excluding steroid dienone is 1. The Morgan fingerprint density at radius 3 is 2.76 bits per heavy atom. The number of rotatable bonds is 7. The van der Waals surface area contributed by atoms with E-state index in [9.17, 15) is 4.79 Å². The van der Waals surface area contributed by atoms with Crippen LogP contribution in [0.3, 0.4) is 0 Å². The molecule has 4 atom stereocenters. The van der Waals surface area contributed by atoms with Gasteiger partial charge in [-0.05, 0) is 38.7 Å². The molecule has 2 aliphatic heterocycles. The molecular formula is C22H28N2O2S2Si. The van der Waals surface area contributed by atoms with Gasteiger partial charge in [0.2, 0.25) is 5.91 Å². The lowest BCUT2D eigenvalue weighted by molar-refractivity contribution is -0.158. The lowest BCUT2D eigenvalue weighted by Crippen LogP contribution is -2.64. The first-order valence-electron chi connectivity index (χ1n) is 10.1. The second-order valence-corrected chi connectivity index (χ2v) is 15.6. The Labute approximate surface area is 182 Å². The third-order valence-electron chi connectivity index (χ3n) is 5.54. The number of amides is 1. The molecule has 29 heavy (non-hydrogen) atoms. The van der Waals surface area contributed by atoms with Crippen LogP contribution in [0.4, 0.5) is 0 Å². The smallest absolute Gasteiger partial charge is 0.234 e. The molecule has 1 fully saturated rings. The molecule has 1 aromatic heterocycles. The van der Waals surface area contributed by atoms with E-state index < -0.39 is 8.32 Å². The second-order valence-electron chi connectivity index (χ2n) is 8.80. The monoisotopic (exact) mass is 444 g/mol. The number of nitrogens with zero attached hydrogens (tertiary/aromatic N) is 2. The van der Waals surface area contributed by atoms with Gasteiger partial charge in [-0.25, -0.2) is 4.98 Å². The van der Waals surface area contributed by atoms with Crippen molar-refractivity contribution in [1.82, 2.24) is 9.88 Å². The molecule has 0 unspecified atom stereocenters. The first-order chi connectivity index (χ1) is 13.7. The molecule has 2 aliphatic rings. The quantitative estimate of drug-likeness (QED) is 0.303. The van der Waals surface area contributed by atoms with E-state index in [4.69, 9.17) is 9.41 Å².